The summed E-state index contributed by atoms with van der Waals surface area (Å²) < 4.78 is 0. The molecule has 0 N–H and O–H groups in total. The minimum atomic E-state index is 0.718. The number of piperazine rings is 1. The standard InChI is InChI=1S/C22H35N3/c1-19(2)9-10-21(20-7-5-4-6-8-20)17-24-12-11-22(18-24)25-15-13-23(3)14-16-25/h4-8,10,19,22H,9,11-18H2,1-3H3/b21-10+/t22-/m1/s1. The zero-order valence-electron chi connectivity index (χ0n) is 16.3. The van der Waals surface area contributed by atoms with E-state index in [-0.39, 0.29) is 0 Å². The summed E-state index contributed by atoms with van der Waals surface area (Å²) in [5.74, 6) is 0.718. The van der Waals surface area contributed by atoms with E-state index in [1.807, 2.05) is 0 Å². The Balaban J connectivity index is 1.60. The third-order valence-corrected chi connectivity index (χ3v) is 5.68. The van der Waals surface area contributed by atoms with Gasteiger partial charge in [0, 0.05) is 51.9 Å². The molecule has 0 amide bonds. The number of nitrogens with zero attached hydrogens (tertiary/aromatic N) is 3. The average molecular weight is 342 g/mol. The van der Waals surface area contributed by atoms with Crippen LogP contribution < -0.4 is 0 Å². The fourth-order valence-electron chi connectivity index (χ4n) is 3.99. The molecule has 25 heavy (non-hydrogen) atoms. The average Bonchev–Trinajstić information content (AvgIpc) is 3.08. The van der Waals surface area contributed by atoms with E-state index in [9.17, 15) is 0 Å². The summed E-state index contributed by atoms with van der Waals surface area (Å²) in [5.41, 5.74) is 2.90. The lowest BCUT2D eigenvalue weighted by Crippen LogP contribution is -2.49. The largest absolute Gasteiger partial charge is 0.304 e. The van der Waals surface area contributed by atoms with Crippen LogP contribution in [0.1, 0.15) is 32.3 Å². The highest BCUT2D eigenvalue weighted by Gasteiger charge is 2.29. The molecular weight excluding hydrogens is 306 g/mol. The van der Waals surface area contributed by atoms with Crippen LogP contribution >= 0.6 is 0 Å². The van der Waals surface area contributed by atoms with Gasteiger partial charge in [-0.3, -0.25) is 9.80 Å². The van der Waals surface area contributed by atoms with Crippen molar-refractivity contribution in [3.05, 3.63) is 42.0 Å². The molecular formula is C22H35N3. The van der Waals surface area contributed by atoms with E-state index in [0.717, 1.165) is 18.5 Å². The maximum atomic E-state index is 2.72. The number of hydrogen-bond donors (Lipinski definition) is 0. The van der Waals surface area contributed by atoms with Crippen LogP contribution in [0.5, 0.6) is 0 Å². The summed E-state index contributed by atoms with van der Waals surface area (Å²) in [7, 11) is 2.24. The van der Waals surface area contributed by atoms with Crippen LogP contribution in [0.2, 0.25) is 0 Å². The van der Waals surface area contributed by atoms with Gasteiger partial charge in [0.05, 0.1) is 0 Å². The van der Waals surface area contributed by atoms with E-state index in [1.54, 1.807) is 0 Å². The van der Waals surface area contributed by atoms with E-state index in [2.05, 4.69) is 72.0 Å². The zero-order chi connectivity index (χ0) is 17.6. The maximum absolute atomic E-state index is 2.72. The minimum Gasteiger partial charge on any atom is -0.304 e. The molecule has 0 bridgehead atoms. The van der Waals surface area contributed by atoms with Crippen LogP contribution in [0.4, 0.5) is 0 Å². The summed E-state index contributed by atoms with van der Waals surface area (Å²) in [6.07, 6.45) is 4.97. The highest BCUT2D eigenvalue weighted by atomic mass is 15.3. The van der Waals surface area contributed by atoms with Crippen LogP contribution in [0.3, 0.4) is 0 Å². The molecule has 3 rings (SSSR count). The number of benzene rings is 1. The molecule has 2 aliphatic rings. The van der Waals surface area contributed by atoms with Crippen LogP contribution in [-0.4, -0.2) is 73.6 Å². The predicted octanol–water partition coefficient (Wildman–Crippen LogP) is 3.44. The predicted molar refractivity (Wildman–Crippen MR) is 108 cm³/mol. The van der Waals surface area contributed by atoms with Crippen molar-refractivity contribution in [3.8, 4) is 0 Å². The van der Waals surface area contributed by atoms with E-state index in [1.165, 1.54) is 63.2 Å². The second kappa shape index (κ2) is 8.98. The fraction of sp³-hybridized carbons (Fsp3) is 0.636. The Morgan fingerprint density at radius 2 is 1.80 bits per heavy atom. The van der Waals surface area contributed by atoms with Gasteiger partial charge in [-0.1, -0.05) is 50.3 Å². The van der Waals surface area contributed by atoms with Crippen molar-refractivity contribution >= 4 is 5.57 Å². The van der Waals surface area contributed by atoms with Gasteiger partial charge in [0.1, 0.15) is 0 Å². The van der Waals surface area contributed by atoms with Crippen LogP contribution in [-0.2, 0) is 0 Å². The number of likely N-dealkylation sites (tertiary alicyclic amines) is 1. The molecule has 0 aromatic heterocycles. The first-order valence-electron chi connectivity index (χ1n) is 10.0. The number of hydrogen-bond acceptors (Lipinski definition) is 3. The molecule has 2 heterocycles. The molecule has 2 saturated heterocycles. The summed E-state index contributed by atoms with van der Waals surface area (Å²) >= 11 is 0. The highest BCUT2D eigenvalue weighted by molar-refractivity contribution is 5.66. The smallest absolute Gasteiger partial charge is 0.0237 e. The summed E-state index contributed by atoms with van der Waals surface area (Å²) in [4.78, 5) is 7.84. The molecule has 0 spiro atoms. The van der Waals surface area contributed by atoms with Gasteiger partial charge in [-0.2, -0.15) is 0 Å². The van der Waals surface area contributed by atoms with Crippen LogP contribution in [0.25, 0.3) is 5.57 Å². The van der Waals surface area contributed by atoms with Gasteiger partial charge in [0.15, 0.2) is 0 Å². The van der Waals surface area contributed by atoms with Gasteiger partial charge in [-0.05, 0) is 36.9 Å². The molecule has 138 valence electrons. The summed E-state index contributed by atoms with van der Waals surface area (Å²) in [6.45, 7) is 13.1. The lowest BCUT2D eigenvalue weighted by atomic mass is 10.0. The maximum Gasteiger partial charge on any atom is 0.0237 e. The third kappa shape index (κ3) is 5.40. The number of rotatable bonds is 6. The van der Waals surface area contributed by atoms with Crippen molar-refractivity contribution in [1.82, 2.24) is 14.7 Å². The van der Waals surface area contributed by atoms with Crippen molar-refractivity contribution in [2.45, 2.75) is 32.7 Å². The fourth-order valence-corrected chi connectivity index (χ4v) is 3.99. The zero-order valence-corrected chi connectivity index (χ0v) is 16.3. The van der Waals surface area contributed by atoms with E-state index < -0.39 is 0 Å². The second-order valence-corrected chi connectivity index (χ2v) is 8.24. The molecule has 0 aliphatic carbocycles. The lowest BCUT2D eigenvalue weighted by Gasteiger charge is -2.36. The SMILES string of the molecule is CC(C)C/C=C(\CN1CC[C@@H](N2CCN(C)CC2)C1)c1ccccc1. The number of allylic oxidation sites excluding steroid dienone is 1. The molecule has 0 radical (unpaired) electrons. The Labute approximate surface area is 154 Å². The molecule has 2 fully saturated rings. The molecule has 2 aliphatic heterocycles. The highest BCUT2D eigenvalue weighted by Crippen LogP contribution is 2.23. The third-order valence-electron chi connectivity index (χ3n) is 5.68. The van der Waals surface area contributed by atoms with Crippen molar-refractivity contribution in [3.63, 3.8) is 0 Å². The Morgan fingerprint density at radius 1 is 1.08 bits per heavy atom. The first-order chi connectivity index (χ1) is 12.1. The van der Waals surface area contributed by atoms with Crippen molar-refractivity contribution in [1.29, 1.82) is 0 Å². The molecule has 3 nitrogen and oxygen atoms in total. The molecule has 3 heteroatoms. The normalized spacial score (nSPS) is 24.3. The second-order valence-electron chi connectivity index (χ2n) is 8.24. The summed E-state index contributed by atoms with van der Waals surface area (Å²) in [5, 5.41) is 0. The number of likely N-dealkylation sites (N-methyl/N-ethyl adjacent to an activating group) is 1. The van der Waals surface area contributed by atoms with Crippen molar-refractivity contribution in [2.75, 3.05) is 52.9 Å². The topological polar surface area (TPSA) is 9.72 Å². The summed E-state index contributed by atoms with van der Waals surface area (Å²) in [6, 6.07) is 11.7. The van der Waals surface area contributed by atoms with Crippen molar-refractivity contribution < 1.29 is 0 Å². The monoisotopic (exact) mass is 341 g/mol. The molecule has 1 atom stereocenters. The Morgan fingerprint density at radius 3 is 2.48 bits per heavy atom. The quantitative estimate of drug-likeness (QED) is 0.785. The van der Waals surface area contributed by atoms with E-state index in [0.29, 0.717) is 0 Å². The molecule has 0 unspecified atom stereocenters. The minimum absolute atomic E-state index is 0.718. The van der Waals surface area contributed by atoms with Gasteiger partial charge in [0.2, 0.25) is 0 Å². The first kappa shape index (κ1) is 18.6. The van der Waals surface area contributed by atoms with Gasteiger partial charge >= 0.3 is 0 Å². The Hall–Kier alpha value is -1.16. The Kier molecular flexibility index (Phi) is 6.69. The van der Waals surface area contributed by atoms with Gasteiger partial charge in [-0.15, -0.1) is 0 Å². The van der Waals surface area contributed by atoms with Crippen LogP contribution in [0, 0.1) is 5.92 Å². The first-order valence-corrected chi connectivity index (χ1v) is 10.0. The van der Waals surface area contributed by atoms with E-state index >= 15 is 0 Å². The van der Waals surface area contributed by atoms with Gasteiger partial charge in [-0.25, -0.2) is 0 Å². The van der Waals surface area contributed by atoms with Crippen LogP contribution in [0.15, 0.2) is 36.4 Å². The van der Waals surface area contributed by atoms with Crippen molar-refractivity contribution in [2.24, 2.45) is 5.92 Å². The molecule has 0 saturated carbocycles. The van der Waals surface area contributed by atoms with E-state index in [4.69, 9.17) is 0 Å². The Bertz CT molecular complexity index is 544. The lowest BCUT2D eigenvalue weighted by molar-refractivity contribution is 0.114. The van der Waals surface area contributed by atoms with Gasteiger partial charge in [0.25, 0.3) is 0 Å². The molecule has 1 aromatic rings. The molecule has 1 aromatic carbocycles. The van der Waals surface area contributed by atoms with Gasteiger partial charge < -0.3 is 4.90 Å².